The molecule has 9 heteroatoms. The zero-order valence-electron chi connectivity index (χ0n) is 10.8. The number of hydrogen-bond acceptors (Lipinski definition) is 5. The molecular weight excluding hydrogens is 274 g/mol. The van der Waals surface area contributed by atoms with Crippen molar-refractivity contribution in [1.29, 1.82) is 0 Å². The van der Waals surface area contributed by atoms with Gasteiger partial charge in [0.1, 0.15) is 4.90 Å². The molecule has 0 fully saturated rings. The molecule has 19 heavy (non-hydrogen) atoms. The van der Waals surface area contributed by atoms with Crippen LogP contribution in [0.3, 0.4) is 0 Å². The molecule has 0 amide bonds. The van der Waals surface area contributed by atoms with Crippen LogP contribution < -0.4 is 4.72 Å². The average Bonchev–Trinajstić information content (AvgIpc) is 2.68. The van der Waals surface area contributed by atoms with Crippen molar-refractivity contribution in [3.63, 3.8) is 0 Å². The topological polar surface area (TPSA) is 132 Å². The molecule has 0 aliphatic carbocycles. The number of aliphatic hydroxyl groups excluding tert-OH is 1. The highest BCUT2D eigenvalue weighted by molar-refractivity contribution is 7.89. The standard InChI is InChI=1S/C10H17N3O5S/c1-5(2)7(4-14)13-19(17,18)9-6(3)11-12-8(9)10(15)16/h5,7,13-14H,4H2,1-3H3,(H,11,12)(H,15,16)/t7-/m1/s1. The van der Waals surface area contributed by atoms with Crippen molar-refractivity contribution in [1.82, 2.24) is 14.9 Å². The normalized spacial score (nSPS) is 13.7. The second kappa shape index (κ2) is 5.68. The van der Waals surface area contributed by atoms with Crippen molar-refractivity contribution in [3.05, 3.63) is 11.4 Å². The van der Waals surface area contributed by atoms with Gasteiger partial charge in [-0.1, -0.05) is 13.8 Å². The maximum Gasteiger partial charge on any atom is 0.357 e. The van der Waals surface area contributed by atoms with Gasteiger partial charge in [-0.05, 0) is 12.8 Å². The van der Waals surface area contributed by atoms with E-state index in [-0.39, 0.29) is 18.2 Å². The lowest BCUT2D eigenvalue weighted by Gasteiger charge is -2.19. The maximum absolute atomic E-state index is 12.2. The molecule has 4 N–H and O–H groups in total. The fourth-order valence-corrected chi connectivity index (χ4v) is 3.23. The number of carboxylic acid groups (broad SMARTS) is 1. The van der Waals surface area contributed by atoms with Crippen molar-refractivity contribution in [2.24, 2.45) is 5.92 Å². The number of nitrogens with one attached hydrogen (secondary N) is 2. The minimum Gasteiger partial charge on any atom is -0.476 e. The highest BCUT2D eigenvalue weighted by Gasteiger charge is 2.30. The highest BCUT2D eigenvalue weighted by Crippen LogP contribution is 2.18. The van der Waals surface area contributed by atoms with Gasteiger partial charge in [-0.25, -0.2) is 17.9 Å². The molecule has 0 aliphatic heterocycles. The molecule has 0 radical (unpaired) electrons. The Labute approximate surface area is 110 Å². The highest BCUT2D eigenvalue weighted by atomic mass is 32.2. The lowest BCUT2D eigenvalue weighted by atomic mass is 10.1. The summed E-state index contributed by atoms with van der Waals surface area (Å²) >= 11 is 0. The van der Waals surface area contributed by atoms with Crippen LogP contribution in [0.15, 0.2) is 4.90 Å². The van der Waals surface area contributed by atoms with E-state index in [4.69, 9.17) is 10.2 Å². The monoisotopic (exact) mass is 291 g/mol. The average molecular weight is 291 g/mol. The largest absolute Gasteiger partial charge is 0.476 e. The van der Waals surface area contributed by atoms with Crippen LogP contribution in [0.4, 0.5) is 0 Å². The molecule has 1 aromatic rings. The number of aromatic amines is 1. The fourth-order valence-electron chi connectivity index (χ4n) is 1.54. The Kier molecular flexibility index (Phi) is 4.66. The summed E-state index contributed by atoms with van der Waals surface area (Å²) < 4.78 is 26.6. The van der Waals surface area contributed by atoms with E-state index < -0.39 is 32.6 Å². The molecule has 0 aliphatic rings. The molecule has 8 nitrogen and oxygen atoms in total. The summed E-state index contributed by atoms with van der Waals surface area (Å²) in [6.07, 6.45) is 0. The van der Waals surface area contributed by atoms with Crippen molar-refractivity contribution >= 4 is 16.0 Å². The third-order valence-electron chi connectivity index (χ3n) is 2.67. The Morgan fingerprint density at radius 1 is 1.47 bits per heavy atom. The number of aromatic nitrogens is 2. The van der Waals surface area contributed by atoms with Crippen LogP contribution >= 0.6 is 0 Å². The number of hydrogen-bond donors (Lipinski definition) is 4. The first kappa shape index (κ1) is 15.6. The van der Waals surface area contributed by atoms with E-state index >= 15 is 0 Å². The smallest absolute Gasteiger partial charge is 0.357 e. The number of nitrogens with zero attached hydrogens (tertiary/aromatic N) is 1. The summed E-state index contributed by atoms with van der Waals surface area (Å²) in [5.41, 5.74) is -0.434. The minimum atomic E-state index is -4.06. The Bertz CT molecular complexity index is 564. The van der Waals surface area contributed by atoms with E-state index in [9.17, 15) is 13.2 Å². The van der Waals surface area contributed by atoms with E-state index in [0.717, 1.165) is 0 Å². The molecule has 0 saturated carbocycles. The lowest BCUT2D eigenvalue weighted by molar-refractivity contribution is 0.0686. The number of carbonyl (C=O) groups is 1. The predicted molar refractivity (Wildman–Crippen MR) is 66.3 cm³/mol. The van der Waals surface area contributed by atoms with Crippen LogP contribution in [-0.2, 0) is 10.0 Å². The van der Waals surface area contributed by atoms with Gasteiger partial charge in [-0.15, -0.1) is 0 Å². The zero-order valence-corrected chi connectivity index (χ0v) is 11.7. The second-order valence-corrected chi connectivity index (χ2v) is 6.14. The van der Waals surface area contributed by atoms with Crippen molar-refractivity contribution in [2.45, 2.75) is 31.7 Å². The van der Waals surface area contributed by atoms with Crippen molar-refractivity contribution in [2.75, 3.05) is 6.61 Å². The van der Waals surface area contributed by atoms with Gasteiger partial charge < -0.3 is 10.2 Å². The van der Waals surface area contributed by atoms with E-state index in [1.54, 1.807) is 13.8 Å². The van der Waals surface area contributed by atoms with Gasteiger partial charge in [-0.2, -0.15) is 5.10 Å². The minimum absolute atomic E-state index is 0.130. The molecule has 1 heterocycles. The van der Waals surface area contributed by atoms with Crippen molar-refractivity contribution in [3.8, 4) is 0 Å². The number of aliphatic hydroxyl groups is 1. The zero-order chi connectivity index (χ0) is 14.8. The Morgan fingerprint density at radius 3 is 2.47 bits per heavy atom. The third-order valence-corrected chi connectivity index (χ3v) is 4.32. The fraction of sp³-hybridized carbons (Fsp3) is 0.600. The molecule has 0 aromatic carbocycles. The van der Waals surface area contributed by atoms with Gasteiger partial charge in [0, 0.05) is 6.04 Å². The van der Waals surface area contributed by atoms with Gasteiger partial charge >= 0.3 is 5.97 Å². The van der Waals surface area contributed by atoms with Gasteiger partial charge in [0.2, 0.25) is 10.0 Å². The van der Waals surface area contributed by atoms with Gasteiger partial charge in [0.15, 0.2) is 5.69 Å². The van der Waals surface area contributed by atoms with E-state index in [2.05, 4.69) is 14.9 Å². The summed E-state index contributed by atoms with van der Waals surface area (Å²) in [5.74, 6) is -1.57. The Balaban J connectivity index is 3.21. The molecular formula is C10H17N3O5S. The summed E-state index contributed by atoms with van der Waals surface area (Å²) in [7, 11) is -4.06. The maximum atomic E-state index is 12.2. The van der Waals surface area contributed by atoms with Crippen LogP contribution in [0.1, 0.15) is 30.0 Å². The summed E-state index contributed by atoms with van der Waals surface area (Å²) in [6, 6.07) is -0.694. The number of H-pyrrole nitrogens is 1. The molecule has 0 bridgehead atoms. The number of rotatable bonds is 6. The first-order valence-electron chi connectivity index (χ1n) is 5.62. The molecule has 1 rings (SSSR count). The Morgan fingerprint density at radius 2 is 2.05 bits per heavy atom. The first-order chi connectivity index (χ1) is 8.70. The van der Waals surface area contributed by atoms with Crippen LogP contribution in [0.25, 0.3) is 0 Å². The Hall–Kier alpha value is -1.45. The van der Waals surface area contributed by atoms with Gasteiger partial charge in [-0.3, -0.25) is 5.10 Å². The second-order valence-electron chi connectivity index (χ2n) is 4.49. The first-order valence-corrected chi connectivity index (χ1v) is 7.10. The number of carboxylic acids is 1. The van der Waals surface area contributed by atoms with Crippen LogP contribution in [-0.4, -0.2) is 47.4 Å². The number of aryl methyl sites for hydroxylation is 1. The van der Waals surface area contributed by atoms with E-state index in [1.807, 2.05) is 0 Å². The number of aromatic carboxylic acids is 1. The summed E-state index contributed by atoms with van der Waals surface area (Å²) in [4.78, 5) is 10.5. The van der Waals surface area contributed by atoms with Gasteiger partial charge in [0.25, 0.3) is 0 Å². The SMILES string of the molecule is Cc1[nH]nc(C(=O)O)c1S(=O)(=O)N[C@H](CO)C(C)C. The molecule has 108 valence electrons. The summed E-state index contributed by atoms with van der Waals surface area (Å²) in [6.45, 7) is 4.51. The summed E-state index contributed by atoms with van der Waals surface area (Å²) in [5, 5.41) is 23.8. The predicted octanol–water partition coefficient (Wildman–Crippen LogP) is -0.288. The van der Waals surface area contributed by atoms with Crippen LogP contribution in [0, 0.1) is 12.8 Å². The van der Waals surface area contributed by atoms with Crippen molar-refractivity contribution < 1.29 is 23.4 Å². The lowest BCUT2D eigenvalue weighted by Crippen LogP contribution is -2.41. The molecule has 1 atom stereocenters. The molecule has 0 saturated heterocycles. The van der Waals surface area contributed by atoms with E-state index in [0.29, 0.717) is 0 Å². The van der Waals surface area contributed by atoms with E-state index in [1.165, 1.54) is 6.92 Å². The molecule has 0 spiro atoms. The van der Waals surface area contributed by atoms with Crippen LogP contribution in [0.5, 0.6) is 0 Å². The number of sulfonamides is 1. The third kappa shape index (κ3) is 3.31. The van der Waals surface area contributed by atoms with Gasteiger partial charge in [0.05, 0.1) is 12.3 Å². The molecule has 0 unspecified atom stereocenters. The van der Waals surface area contributed by atoms with Crippen LogP contribution in [0.2, 0.25) is 0 Å². The quantitative estimate of drug-likeness (QED) is 0.569. The molecule has 1 aromatic heterocycles.